The third kappa shape index (κ3) is 4.54. The summed E-state index contributed by atoms with van der Waals surface area (Å²) in [4.78, 5) is 24.2. The van der Waals surface area contributed by atoms with Gasteiger partial charge in [0.1, 0.15) is 19.0 Å². The molecule has 0 unspecified atom stereocenters. The van der Waals surface area contributed by atoms with Crippen molar-refractivity contribution >= 4 is 16.9 Å². The van der Waals surface area contributed by atoms with E-state index in [1.165, 1.54) is 6.92 Å². The van der Waals surface area contributed by atoms with E-state index in [2.05, 4.69) is 0 Å². The standard InChI is InChI=1S/C21H22N2O4/c1-15(24)27-14-18-11-17-7-8-19(26-10-9-22)12-20(17)23(21(18)25)13-16-5-3-2-4-6-16/h2-8,11-12H,9-10,13-14,22H2,1H3. The number of rotatable bonds is 7. The molecule has 140 valence electrons. The third-order valence-electron chi connectivity index (χ3n) is 4.14. The molecule has 6 nitrogen and oxygen atoms in total. The number of fused-ring (bicyclic) bond motifs is 1. The molecular weight excluding hydrogens is 344 g/mol. The quantitative estimate of drug-likeness (QED) is 0.650. The lowest BCUT2D eigenvalue weighted by Crippen LogP contribution is -2.25. The van der Waals surface area contributed by atoms with Crippen LogP contribution in [0.3, 0.4) is 0 Å². The van der Waals surface area contributed by atoms with Crippen LogP contribution < -0.4 is 16.0 Å². The molecule has 0 amide bonds. The summed E-state index contributed by atoms with van der Waals surface area (Å²) in [5.74, 6) is 0.233. The number of aromatic nitrogens is 1. The number of pyridine rings is 1. The predicted octanol–water partition coefficient (Wildman–Crippen LogP) is 2.45. The zero-order valence-electron chi connectivity index (χ0n) is 15.2. The smallest absolute Gasteiger partial charge is 0.302 e. The minimum Gasteiger partial charge on any atom is -0.492 e. The van der Waals surface area contributed by atoms with Gasteiger partial charge in [-0.15, -0.1) is 0 Å². The molecule has 2 aromatic carbocycles. The Hall–Kier alpha value is -3.12. The highest BCUT2D eigenvalue weighted by molar-refractivity contribution is 5.81. The Balaban J connectivity index is 2.10. The number of esters is 1. The van der Waals surface area contributed by atoms with Crippen LogP contribution in [0.5, 0.6) is 5.75 Å². The highest BCUT2D eigenvalue weighted by Crippen LogP contribution is 2.22. The van der Waals surface area contributed by atoms with Gasteiger partial charge >= 0.3 is 5.97 Å². The molecule has 0 spiro atoms. The van der Waals surface area contributed by atoms with Crippen molar-refractivity contribution in [2.24, 2.45) is 5.73 Å². The Labute approximate surface area is 157 Å². The Kier molecular flexibility index (Phi) is 5.88. The average molecular weight is 366 g/mol. The Morgan fingerprint density at radius 1 is 1.11 bits per heavy atom. The van der Waals surface area contributed by atoms with Crippen molar-refractivity contribution < 1.29 is 14.3 Å². The van der Waals surface area contributed by atoms with Crippen molar-refractivity contribution in [3.05, 3.63) is 76.1 Å². The van der Waals surface area contributed by atoms with Gasteiger partial charge in [-0.05, 0) is 29.1 Å². The molecule has 2 N–H and O–H groups in total. The van der Waals surface area contributed by atoms with E-state index < -0.39 is 5.97 Å². The zero-order chi connectivity index (χ0) is 19.2. The summed E-state index contributed by atoms with van der Waals surface area (Å²) in [5.41, 5.74) is 7.50. The molecule has 0 aliphatic rings. The van der Waals surface area contributed by atoms with Gasteiger partial charge in [0.2, 0.25) is 0 Å². The van der Waals surface area contributed by atoms with E-state index >= 15 is 0 Å². The van der Waals surface area contributed by atoms with Crippen LogP contribution in [-0.4, -0.2) is 23.7 Å². The molecule has 0 radical (unpaired) electrons. The fourth-order valence-corrected chi connectivity index (χ4v) is 2.88. The normalized spacial score (nSPS) is 10.7. The summed E-state index contributed by atoms with van der Waals surface area (Å²) in [6.07, 6.45) is 0. The van der Waals surface area contributed by atoms with Crippen LogP contribution in [0.2, 0.25) is 0 Å². The monoisotopic (exact) mass is 366 g/mol. The van der Waals surface area contributed by atoms with Crippen LogP contribution in [0.15, 0.2) is 59.4 Å². The molecule has 3 aromatic rings. The van der Waals surface area contributed by atoms with Gasteiger partial charge in [-0.3, -0.25) is 9.59 Å². The van der Waals surface area contributed by atoms with Crippen molar-refractivity contribution in [3.8, 4) is 5.75 Å². The van der Waals surface area contributed by atoms with Crippen molar-refractivity contribution in [3.63, 3.8) is 0 Å². The molecule has 1 aromatic heterocycles. The number of carbonyl (C=O) groups is 1. The average Bonchev–Trinajstić information content (AvgIpc) is 2.68. The summed E-state index contributed by atoms with van der Waals surface area (Å²) in [6, 6.07) is 17.0. The molecule has 0 aliphatic heterocycles. The number of carbonyl (C=O) groups excluding carboxylic acids is 1. The molecular formula is C21H22N2O4. The Bertz CT molecular complexity index is 996. The van der Waals surface area contributed by atoms with E-state index in [4.69, 9.17) is 15.2 Å². The van der Waals surface area contributed by atoms with Crippen LogP contribution in [0.1, 0.15) is 18.1 Å². The Morgan fingerprint density at radius 3 is 2.59 bits per heavy atom. The molecule has 3 rings (SSSR count). The highest BCUT2D eigenvalue weighted by Gasteiger charge is 2.12. The second-order valence-corrected chi connectivity index (χ2v) is 6.18. The molecule has 0 saturated heterocycles. The number of ether oxygens (including phenoxy) is 2. The first-order valence-electron chi connectivity index (χ1n) is 8.75. The molecule has 0 saturated carbocycles. The van der Waals surface area contributed by atoms with E-state index in [1.54, 1.807) is 10.6 Å². The largest absolute Gasteiger partial charge is 0.492 e. The number of hydrogen-bond acceptors (Lipinski definition) is 5. The van der Waals surface area contributed by atoms with Crippen LogP contribution in [0.25, 0.3) is 10.9 Å². The number of benzene rings is 2. The van der Waals surface area contributed by atoms with Gasteiger partial charge in [0.15, 0.2) is 0 Å². The third-order valence-corrected chi connectivity index (χ3v) is 4.14. The molecule has 0 bridgehead atoms. The van der Waals surface area contributed by atoms with Gasteiger partial charge < -0.3 is 19.8 Å². The van der Waals surface area contributed by atoms with E-state index in [0.29, 0.717) is 31.0 Å². The summed E-state index contributed by atoms with van der Waals surface area (Å²) in [7, 11) is 0. The first-order valence-corrected chi connectivity index (χ1v) is 8.75. The van der Waals surface area contributed by atoms with E-state index in [0.717, 1.165) is 16.5 Å². The van der Waals surface area contributed by atoms with E-state index in [9.17, 15) is 9.59 Å². The summed E-state index contributed by atoms with van der Waals surface area (Å²) < 4.78 is 12.3. The lowest BCUT2D eigenvalue weighted by atomic mass is 10.1. The second-order valence-electron chi connectivity index (χ2n) is 6.18. The first kappa shape index (κ1) is 18.7. The number of nitrogens with two attached hydrogens (primary N) is 1. The maximum absolute atomic E-state index is 13.0. The second kappa shape index (κ2) is 8.51. The predicted molar refractivity (Wildman–Crippen MR) is 104 cm³/mol. The maximum atomic E-state index is 13.0. The number of hydrogen-bond donors (Lipinski definition) is 1. The molecule has 0 atom stereocenters. The summed E-state index contributed by atoms with van der Waals surface area (Å²) in [5, 5.41) is 0.868. The van der Waals surface area contributed by atoms with Gasteiger partial charge in [-0.25, -0.2) is 0 Å². The van der Waals surface area contributed by atoms with Crippen LogP contribution in [-0.2, 0) is 22.7 Å². The van der Waals surface area contributed by atoms with Crippen LogP contribution in [0, 0.1) is 0 Å². The number of nitrogens with zero attached hydrogens (tertiary/aromatic N) is 1. The summed E-state index contributed by atoms with van der Waals surface area (Å²) >= 11 is 0. The molecule has 0 aliphatic carbocycles. The van der Waals surface area contributed by atoms with Crippen LogP contribution in [0.4, 0.5) is 0 Å². The van der Waals surface area contributed by atoms with Gasteiger partial charge in [-0.2, -0.15) is 0 Å². The van der Waals surface area contributed by atoms with Crippen LogP contribution >= 0.6 is 0 Å². The van der Waals surface area contributed by atoms with Gasteiger partial charge in [0, 0.05) is 19.5 Å². The van der Waals surface area contributed by atoms with Gasteiger partial charge in [-0.1, -0.05) is 30.3 Å². The van der Waals surface area contributed by atoms with Gasteiger partial charge in [0.25, 0.3) is 5.56 Å². The fraction of sp³-hybridized carbons (Fsp3) is 0.238. The van der Waals surface area contributed by atoms with Crippen molar-refractivity contribution in [1.29, 1.82) is 0 Å². The zero-order valence-corrected chi connectivity index (χ0v) is 15.2. The van der Waals surface area contributed by atoms with Crippen molar-refractivity contribution in [2.45, 2.75) is 20.1 Å². The molecule has 6 heteroatoms. The van der Waals surface area contributed by atoms with Gasteiger partial charge in [0.05, 0.1) is 17.6 Å². The minimum atomic E-state index is -0.422. The molecule has 0 fully saturated rings. The van der Waals surface area contributed by atoms with E-state index in [1.807, 2.05) is 48.5 Å². The molecule has 27 heavy (non-hydrogen) atoms. The van der Waals surface area contributed by atoms with E-state index in [-0.39, 0.29) is 12.2 Å². The topological polar surface area (TPSA) is 83.5 Å². The fourth-order valence-electron chi connectivity index (χ4n) is 2.88. The summed E-state index contributed by atoms with van der Waals surface area (Å²) in [6.45, 7) is 2.49. The highest BCUT2D eigenvalue weighted by atomic mass is 16.5. The first-order chi connectivity index (χ1) is 13.1. The lowest BCUT2D eigenvalue weighted by molar-refractivity contribution is -0.142. The minimum absolute atomic E-state index is 0.0513. The maximum Gasteiger partial charge on any atom is 0.302 e. The Morgan fingerprint density at radius 2 is 1.89 bits per heavy atom. The molecule has 1 heterocycles. The van der Waals surface area contributed by atoms with Crippen molar-refractivity contribution in [1.82, 2.24) is 4.57 Å². The lowest BCUT2D eigenvalue weighted by Gasteiger charge is -2.15. The van der Waals surface area contributed by atoms with Crippen molar-refractivity contribution in [2.75, 3.05) is 13.2 Å². The SMILES string of the molecule is CC(=O)OCc1cc2ccc(OCCN)cc2n(Cc2ccccc2)c1=O.